The Morgan fingerprint density at radius 3 is 2.50 bits per heavy atom. The maximum Gasteiger partial charge on any atom is 0.330 e. The molecule has 1 unspecified atom stereocenters. The molecule has 3 N–H and O–H groups in total. The second-order valence-corrected chi connectivity index (χ2v) is 5.53. The Morgan fingerprint density at radius 1 is 1.40 bits per heavy atom. The van der Waals surface area contributed by atoms with Crippen molar-refractivity contribution in [2.45, 2.75) is 40.0 Å². The molecular formula is C13H22N2O5. The van der Waals surface area contributed by atoms with Crippen molar-refractivity contribution in [2.24, 2.45) is 5.41 Å². The van der Waals surface area contributed by atoms with E-state index in [2.05, 4.69) is 4.98 Å². The molecule has 1 aromatic rings. The quantitative estimate of drug-likeness (QED) is 0.669. The maximum atomic E-state index is 11.7. The zero-order valence-corrected chi connectivity index (χ0v) is 12.2. The first kappa shape index (κ1) is 16.6. The maximum absolute atomic E-state index is 11.7. The van der Waals surface area contributed by atoms with Crippen molar-refractivity contribution in [1.29, 1.82) is 0 Å². The zero-order chi connectivity index (χ0) is 15.5. The minimum absolute atomic E-state index is 0.162. The lowest BCUT2D eigenvalue weighted by molar-refractivity contribution is -0.128. The van der Waals surface area contributed by atoms with Crippen LogP contribution in [-0.2, 0) is 4.74 Å². The fraction of sp³-hybridized carbons (Fsp3) is 0.692. The van der Waals surface area contributed by atoms with Gasteiger partial charge in [0, 0.05) is 17.2 Å². The molecule has 114 valence electrons. The molecule has 20 heavy (non-hydrogen) atoms. The fourth-order valence-electron chi connectivity index (χ4n) is 1.74. The average molecular weight is 286 g/mol. The molecule has 7 nitrogen and oxygen atoms in total. The van der Waals surface area contributed by atoms with Crippen molar-refractivity contribution in [3.63, 3.8) is 0 Å². The van der Waals surface area contributed by atoms with Gasteiger partial charge in [0.05, 0.1) is 19.3 Å². The third kappa shape index (κ3) is 3.56. The first-order chi connectivity index (χ1) is 9.22. The average Bonchev–Trinajstić information content (AvgIpc) is 2.39. The second kappa shape index (κ2) is 6.34. The van der Waals surface area contributed by atoms with Gasteiger partial charge in [-0.15, -0.1) is 0 Å². The second-order valence-electron chi connectivity index (χ2n) is 5.53. The monoisotopic (exact) mass is 286 g/mol. The third-order valence-corrected chi connectivity index (χ3v) is 3.34. The number of rotatable bonds is 6. The molecule has 7 heteroatoms. The van der Waals surface area contributed by atoms with Gasteiger partial charge in [-0.1, -0.05) is 13.8 Å². The van der Waals surface area contributed by atoms with Gasteiger partial charge in [-0.25, -0.2) is 4.79 Å². The molecular weight excluding hydrogens is 264 g/mol. The Hall–Kier alpha value is -1.44. The molecule has 0 saturated heterocycles. The molecule has 2 atom stereocenters. The number of H-pyrrole nitrogens is 1. The lowest BCUT2D eigenvalue weighted by Crippen LogP contribution is -2.41. The third-order valence-electron chi connectivity index (χ3n) is 3.34. The van der Waals surface area contributed by atoms with Crippen LogP contribution in [0.1, 0.15) is 32.6 Å². The molecule has 0 radical (unpaired) electrons. The van der Waals surface area contributed by atoms with Crippen LogP contribution in [0, 0.1) is 12.3 Å². The predicted octanol–water partition coefficient (Wildman–Crippen LogP) is -0.240. The van der Waals surface area contributed by atoms with E-state index in [0.717, 1.165) is 0 Å². The summed E-state index contributed by atoms with van der Waals surface area (Å²) in [6.45, 7) is 6.28. The molecule has 0 saturated carbocycles. The molecule has 0 aliphatic carbocycles. The summed E-state index contributed by atoms with van der Waals surface area (Å²) in [5.74, 6) is 0. The van der Waals surface area contributed by atoms with Crippen LogP contribution in [0.4, 0.5) is 0 Å². The summed E-state index contributed by atoms with van der Waals surface area (Å²) in [7, 11) is 0. The number of nitrogens with one attached hydrogen (secondary N) is 1. The molecule has 0 amide bonds. The normalized spacial score (nSPS) is 15.1. The number of hydrogen-bond acceptors (Lipinski definition) is 5. The van der Waals surface area contributed by atoms with E-state index in [4.69, 9.17) is 4.74 Å². The number of aliphatic hydroxyl groups excluding tert-OH is 2. The summed E-state index contributed by atoms with van der Waals surface area (Å²) in [6.07, 6.45) is 0.0920. The van der Waals surface area contributed by atoms with Gasteiger partial charge < -0.3 is 14.9 Å². The van der Waals surface area contributed by atoms with Crippen molar-refractivity contribution in [2.75, 3.05) is 13.2 Å². The minimum atomic E-state index is -0.680. The van der Waals surface area contributed by atoms with Crippen molar-refractivity contribution in [1.82, 2.24) is 9.55 Å². The number of aromatic nitrogens is 2. The van der Waals surface area contributed by atoms with Crippen LogP contribution in [0.15, 0.2) is 15.8 Å². The van der Waals surface area contributed by atoms with Crippen molar-refractivity contribution >= 4 is 0 Å². The number of nitrogens with zero attached hydrogens (tertiary/aromatic N) is 1. The van der Waals surface area contributed by atoms with Crippen LogP contribution < -0.4 is 11.2 Å². The Labute approximate surface area is 116 Å². The fourth-order valence-corrected chi connectivity index (χ4v) is 1.74. The summed E-state index contributed by atoms with van der Waals surface area (Å²) < 4.78 is 6.89. The van der Waals surface area contributed by atoms with Gasteiger partial charge in [-0.2, -0.15) is 0 Å². The molecule has 0 aliphatic rings. The van der Waals surface area contributed by atoms with Gasteiger partial charge in [0.25, 0.3) is 5.56 Å². The molecule has 0 aromatic carbocycles. The highest BCUT2D eigenvalue weighted by Gasteiger charge is 2.31. The Kier molecular flexibility index (Phi) is 5.27. The first-order valence-electron chi connectivity index (χ1n) is 6.42. The Morgan fingerprint density at radius 2 is 2.00 bits per heavy atom. The summed E-state index contributed by atoms with van der Waals surface area (Å²) in [5, 5.41) is 18.7. The summed E-state index contributed by atoms with van der Waals surface area (Å²) in [5.41, 5.74) is -1.27. The summed E-state index contributed by atoms with van der Waals surface area (Å²) in [6, 6.07) is 0. The van der Waals surface area contributed by atoms with E-state index in [9.17, 15) is 19.8 Å². The molecule has 1 aromatic heterocycles. The van der Waals surface area contributed by atoms with E-state index < -0.39 is 29.0 Å². The van der Waals surface area contributed by atoms with Crippen molar-refractivity contribution in [3.8, 4) is 0 Å². The highest BCUT2D eigenvalue weighted by molar-refractivity contribution is 5.01. The van der Waals surface area contributed by atoms with Crippen LogP contribution >= 0.6 is 0 Å². The van der Waals surface area contributed by atoms with Crippen LogP contribution in [-0.4, -0.2) is 39.1 Å². The van der Waals surface area contributed by atoms with E-state index in [1.165, 1.54) is 10.8 Å². The molecule has 1 rings (SSSR count). The molecule has 0 fully saturated rings. The van der Waals surface area contributed by atoms with E-state index in [-0.39, 0.29) is 13.2 Å². The Balaban J connectivity index is 3.02. The number of aryl methyl sites for hydroxylation is 1. The van der Waals surface area contributed by atoms with E-state index in [1.807, 2.05) is 0 Å². The molecule has 0 aliphatic heterocycles. The van der Waals surface area contributed by atoms with Crippen LogP contribution in [0.3, 0.4) is 0 Å². The van der Waals surface area contributed by atoms with E-state index in [1.54, 1.807) is 27.7 Å². The van der Waals surface area contributed by atoms with E-state index >= 15 is 0 Å². The Bertz CT molecular complexity index is 561. The number of hydrogen-bond donors (Lipinski definition) is 3. The highest BCUT2D eigenvalue weighted by Crippen LogP contribution is 2.25. The molecule has 0 spiro atoms. The lowest BCUT2D eigenvalue weighted by atomic mass is 9.88. The van der Waals surface area contributed by atoms with Crippen LogP contribution in [0.25, 0.3) is 0 Å². The largest absolute Gasteiger partial charge is 0.396 e. The van der Waals surface area contributed by atoms with Gasteiger partial charge in [-0.3, -0.25) is 14.3 Å². The smallest absolute Gasteiger partial charge is 0.330 e. The summed E-state index contributed by atoms with van der Waals surface area (Å²) >= 11 is 0. The SMILES string of the molecule is Cc1cn(C(C)O[C@H](CO)C(C)(C)CO)c(=O)[nH]c1=O. The predicted molar refractivity (Wildman–Crippen MR) is 73.6 cm³/mol. The summed E-state index contributed by atoms with van der Waals surface area (Å²) in [4.78, 5) is 25.2. The molecule has 0 bridgehead atoms. The van der Waals surface area contributed by atoms with Crippen LogP contribution in [0.5, 0.6) is 0 Å². The number of aromatic amines is 1. The van der Waals surface area contributed by atoms with Crippen molar-refractivity contribution < 1.29 is 14.9 Å². The minimum Gasteiger partial charge on any atom is -0.396 e. The van der Waals surface area contributed by atoms with Crippen LogP contribution in [0.2, 0.25) is 0 Å². The number of aliphatic hydroxyl groups is 2. The van der Waals surface area contributed by atoms with Gasteiger partial charge in [0.1, 0.15) is 6.23 Å². The highest BCUT2D eigenvalue weighted by atomic mass is 16.5. The topological polar surface area (TPSA) is 105 Å². The number of ether oxygens (including phenoxy) is 1. The zero-order valence-electron chi connectivity index (χ0n) is 12.2. The van der Waals surface area contributed by atoms with Gasteiger partial charge in [0.15, 0.2) is 0 Å². The lowest BCUT2D eigenvalue weighted by Gasteiger charge is -2.33. The van der Waals surface area contributed by atoms with Gasteiger partial charge in [-0.05, 0) is 13.8 Å². The van der Waals surface area contributed by atoms with E-state index in [0.29, 0.717) is 5.56 Å². The molecule has 1 heterocycles. The van der Waals surface area contributed by atoms with Gasteiger partial charge >= 0.3 is 5.69 Å². The standard InChI is InChI=1S/C13H22N2O5/c1-8-5-15(12(19)14-11(8)18)9(2)20-10(6-16)13(3,4)7-17/h5,9-10,16-17H,6-7H2,1-4H3,(H,14,18,19)/t9?,10-/m1/s1. The first-order valence-corrected chi connectivity index (χ1v) is 6.42. The van der Waals surface area contributed by atoms with Crippen molar-refractivity contribution in [3.05, 3.63) is 32.6 Å². The van der Waals surface area contributed by atoms with Gasteiger partial charge in [0.2, 0.25) is 0 Å².